The molecule has 0 fully saturated rings. The maximum absolute atomic E-state index is 5.97. The Morgan fingerprint density at radius 2 is 1.95 bits per heavy atom. The summed E-state index contributed by atoms with van der Waals surface area (Å²) < 4.78 is 0. The number of aromatic nitrogens is 1. The van der Waals surface area contributed by atoms with Crippen molar-refractivity contribution in [2.24, 2.45) is 5.73 Å². The summed E-state index contributed by atoms with van der Waals surface area (Å²) in [6.07, 6.45) is 4.80. The van der Waals surface area contributed by atoms with Crippen LogP contribution in [0.5, 0.6) is 0 Å². The van der Waals surface area contributed by atoms with Crippen molar-refractivity contribution in [3.8, 4) is 0 Å². The van der Waals surface area contributed by atoms with Crippen LogP contribution < -0.4 is 5.73 Å². The number of hydrogen-bond donors (Lipinski definition) is 1. The minimum atomic E-state index is 0.229. The van der Waals surface area contributed by atoms with E-state index in [4.69, 9.17) is 5.73 Å². The van der Waals surface area contributed by atoms with E-state index in [1.165, 1.54) is 16.7 Å². The Morgan fingerprint density at radius 3 is 2.60 bits per heavy atom. The Hall–Kier alpha value is -1.71. The molecule has 3 nitrogen and oxygen atoms in total. The largest absolute Gasteiger partial charge is 0.329 e. The van der Waals surface area contributed by atoms with Crippen molar-refractivity contribution < 1.29 is 0 Å². The molecular formula is C17H23N3. The Morgan fingerprint density at radius 1 is 1.20 bits per heavy atom. The van der Waals surface area contributed by atoms with E-state index in [1.54, 1.807) is 0 Å². The number of pyridine rings is 1. The Labute approximate surface area is 121 Å². The number of nitrogens with zero attached hydrogens (tertiary/aromatic N) is 2. The van der Waals surface area contributed by atoms with Gasteiger partial charge in [0, 0.05) is 31.5 Å². The first-order chi connectivity index (χ1) is 9.72. The van der Waals surface area contributed by atoms with Crippen LogP contribution in [-0.2, 0) is 6.42 Å². The summed E-state index contributed by atoms with van der Waals surface area (Å²) in [6.45, 7) is 3.71. The van der Waals surface area contributed by atoms with Crippen LogP contribution in [-0.4, -0.2) is 30.0 Å². The minimum Gasteiger partial charge on any atom is -0.329 e. The van der Waals surface area contributed by atoms with Crippen LogP contribution in [0.2, 0.25) is 0 Å². The Balaban J connectivity index is 2.03. The molecule has 0 saturated heterocycles. The molecule has 0 aliphatic heterocycles. The van der Waals surface area contributed by atoms with E-state index in [0.29, 0.717) is 6.54 Å². The van der Waals surface area contributed by atoms with Gasteiger partial charge in [-0.15, -0.1) is 0 Å². The molecule has 0 bridgehead atoms. The van der Waals surface area contributed by atoms with Crippen molar-refractivity contribution in [1.29, 1.82) is 0 Å². The first-order valence-electron chi connectivity index (χ1n) is 7.07. The smallest absolute Gasteiger partial charge is 0.0485 e. The second-order valence-electron chi connectivity index (χ2n) is 5.20. The number of benzene rings is 1. The van der Waals surface area contributed by atoms with E-state index in [-0.39, 0.29) is 6.04 Å². The zero-order valence-electron chi connectivity index (χ0n) is 12.3. The van der Waals surface area contributed by atoms with Gasteiger partial charge in [-0.05, 0) is 43.1 Å². The van der Waals surface area contributed by atoms with Gasteiger partial charge in [-0.2, -0.15) is 0 Å². The van der Waals surface area contributed by atoms with E-state index < -0.39 is 0 Å². The normalized spacial score (nSPS) is 12.6. The third-order valence-electron chi connectivity index (χ3n) is 3.79. The van der Waals surface area contributed by atoms with Crippen LogP contribution in [0.1, 0.15) is 22.7 Å². The maximum atomic E-state index is 5.97. The van der Waals surface area contributed by atoms with E-state index in [1.807, 2.05) is 18.5 Å². The van der Waals surface area contributed by atoms with Crippen molar-refractivity contribution in [2.45, 2.75) is 19.4 Å². The lowest BCUT2D eigenvalue weighted by molar-refractivity contribution is 0.252. The molecule has 1 atom stereocenters. The highest BCUT2D eigenvalue weighted by Gasteiger charge is 2.17. The highest BCUT2D eigenvalue weighted by atomic mass is 15.1. The Kier molecular flexibility index (Phi) is 5.27. The van der Waals surface area contributed by atoms with Crippen LogP contribution in [0.3, 0.4) is 0 Å². The van der Waals surface area contributed by atoms with Gasteiger partial charge in [0.2, 0.25) is 0 Å². The van der Waals surface area contributed by atoms with Gasteiger partial charge in [0.15, 0.2) is 0 Å². The molecule has 0 radical (unpaired) electrons. The number of hydrogen-bond acceptors (Lipinski definition) is 3. The lowest BCUT2D eigenvalue weighted by atomic mass is 10.0. The van der Waals surface area contributed by atoms with Gasteiger partial charge >= 0.3 is 0 Å². The monoisotopic (exact) mass is 269 g/mol. The lowest BCUT2D eigenvalue weighted by Crippen LogP contribution is -2.32. The SMILES string of the molecule is Cc1ccncc1C(CN)N(C)CCc1ccccc1. The van der Waals surface area contributed by atoms with Crippen LogP contribution in [0, 0.1) is 6.92 Å². The average Bonchev–Trinajstić information content (AvgIpc) is 2.49. The van der Waals surface area contributed by atoms with Crippen LogP contribution in [0.25, 0.3) is 0 Å². The number of aryl methyl sites for hydroxylation is 1. The molecule has 20 heavy (non-hydrogen) atoms. The molecule has 106 valence electrons. The zero-order chi connectivity index (χ0) is 14.4. The summed E-state index contributed by atoms with van der Waals surface area (Å²) in [6, 6.07) is 12.8. The standard InChI is InChI=1S/C17H23N3/c1-14-8-10-19-13-16(14)17(12-18)20(2)11-9-15-6-4-3-5-7-15/h3-8,10,13,17H,9,11-12,18H2,1-2H3. The third kappa shape index (κ3) is 3.65. The summed E-state index contributed by atoms with van der Waals surface area (Å²) in [7, 11) is 2.13. The fourth-order valence-corrected chi connectivity index (χ4v) is 2.48. The second-order valence-corrected chi connectivity index (χ2v) is 5.20. The summed E-state index contributed by atoms with van der Waals surface area (Å²) in [5.41, 5.74) is 9.81. The molecule has 2 aromatic rings. The molecule has 1 heterocycles. The lowest BCUT2D eigenvalue weighted by Gasteiger charge is -2.28. The van der Waals surface area contributed by atoms with Crippen LogP contribution in [0.4, 0.5) is 0 Å². The number of rotatable bonds is 6. The van der Waals surface area contributed by atoms with Gasteiger partial charge in [-0.25, -0.2) is 0 Å². The van der Waals surface area contributed by atoms with E-state index >= 15 is 0 Å². The maximum Gasteiger partial charge on any atom is 0.0485 e. The van der Waals surface area contributed by atoms with Gasteiger partial charge in [0.25, 0.3) is 0 Å². The highest BCUT2D eigenvalue weighted by molar-refractivity contribution is 5.25. The molecular weight excluding hydrogens is 246 g/mol. The fourth-order valence-electron chi connectivity index (χ4n) is 2.48. The van der Waals surface area contributed by atoms with E-state index in [0.717, 1.165) is 13.0 Å². The first kappa shape index (κ1) is 14.7. The van der Waals surface area contributed by atoms with Crippen molar-refractivity contribution in [2.75, 3.05) is 20.1 Å². The summed E-state index contributed by atoms with van der Waals surface area (Å²) >= 11 is 0. The van der Waals surface area contributed by atoms with Crippen molar-refractivity contribution in [3.05, 3.63) is 65.5 Å². The van der Waals surface area contributed by atoms with Gasteiger partial charge in [-0.1, -0.05) is 30.3 Å². The predicted molar refractivity (Wildman–Crippen MR) is 83.5 cm³/mol. The minimum absolute atomic E-state index is 0.229. The molecule has 0 aliphatic rings. The summed E-state index contributed by atoms with van der Waals surface area (Å²) in [5, 5.41) is 0. The molecule has 1 aromatic heterocycles. The highest BCUT2D eigenvalue weighted by Crippen LogP contribution is 2.21. The third-order valence-corrected chi connectivity index (χ3v) is 3.79. The first-order valence-corrected chi connectivity index (χ1v) is 7.07. The summed E-state index contributed by atoms with van der Waals surface area (Å²) in [5.74, 6) is 0. The molecule has 0 saturated carbocycles. The predicted octanol–water partition coefficient (Wildman–Crippen LogP) is 2.56. The van der Waals surface area contributed by atoms with Gasteiger partial charge < -0.3 is 5.73 Å². The van der Waals surface area contributed by atoms with Crippen LogP contribution in [0.15, 0.2) is 48.8 Å². The zero-order valence-corrected chi connectivity index (χ0v) is 12.3. The van der Waals surface area contributed by atoms with Crippen molar-refractivity contribution in [3.63, 3.8) is 0 Å². The molecule has 1 aromatic carbocycles. The topological polar surface area (TPSA) is 42.1 Å². The van der Waals surface area contributed by atoms with Crippen LogP contribution >= 0.6 is 0 Å². The van der Waals surface area contributed by atoms with Gasteiger partial charge in [0.05, 0.1) is 0 Å². The number of nitrogens with two attached hydrogens (primary N) is 1. The molecule has 0 amide bonds. The molecule has 1 unspecified atom stereocenters. The second kappa shape index (κ2) is 7.17. The molecule has 0 aliphatic carbocycles. The van der Waals surface area contributed by atoms with Gasteiger partial charge in [0.1, 0.15) is 0 Å². The quantitative estimate of drug-likeness (QED) is 0.876. The molecule has 3 heteroatoms. The van der Waals surface area contributed by atoms with Crippen molar-refractivity contribution >= 4 is 0 Å². The molecule has 2 rings (SSSR count). The van der Waals surface area contributed by atoms with E-state index in [9.17, 15) is 0 Å². The van der Waals surface area contributed by atoms with Gasteiger partial charge in [-0.3, -0.25) is 9.88 Å². The summed E-state index contributed by atoms with van der Waals surface area (Å²) in [4.78, 5) is 6.55. The molecule has 2 N–H and O–H groups in total. The molecule has 0 spiro atoms. The van der Waals surface area contributed by atoms with E-state index in [2.05, 4.69) is 54.2 Å². The Bertz CT molecular complexity index is 525. The number of likely N-dealkylation sites (N-methyl/N-ethyl adjacent to an activating group) is 1. The average molecular weight is 269 g/mol. The van der Waals surface area contributed by atoms with Crippen molar-refractivity contribution in [1.82, 2.24) is 9.88 Å². The fraction of sp³-hybridized carbons (Fsp3) is 0.353.